The maximum atomic E-state index is 12.1. The largest absolute Gasteiger partial charge is 0.453 e. The van der Waals surface area contributed by atoms with Crippen LogP contribution in [0.4, 0.5) is 39.5 Å². The van der Waals surface area contributed by atoms with E-state index in [-0.39, 0.29) is 0 Å². The standard InChI is InChI=1S/C4F9N/c5-1(6)14-2(7,3(8,9)10)4(11,12)13. The van der Waals surface area contributed by atoms with Gasteiger partial charge in [-0.1, -0.05) is 0 Å². The van der Waals surface area contributed by atoms with Crippen LogP contribution in [0.5, 0.6) is 0 Å². The third-order valence-corrected chi connectivity index (χ3v) is 0.990. The lowest BCUT2D eigenvalue weighted by Crippen LogP contribution is -2.52. The molecule has 0 aliphatic heterocycles. The Bertz CT molecular complexity index is 216. The molecule has 0 saturated carbocycles. The summed E-state index contributed by atoms with van der Waals surface area (Å²) in [6.45, 7) is 0. The van der Waals surface area contributed by atoms with Crippen LogP contribution in [-0.2, 0) is 0 Å². The normalized spacial score (nSPS) is 14.1. The molecule has 0 spiro atoms. The van der Waals surface area contributed by atoms with Gasteiger partial charge in [0.1, 0.15) is 0 Å². The summed E-state index contributed by atoms with van der Waals surface area (Å²) in [5.74, 6) is -6.27. The third kappa shape index (κ3) is 2.29. The highest BCUT2D eigenvalue weighted by Crippen LogP contribution is 2.47. The molecule has 0 radical (unpaired) electrons. The van der Waals surface area contributed by atoms with Crippen molar-refractivity contribution >= 4 is 6.22 Å². The van der Waals surface area contributed by atoms with Gasteiger partial charge in [-0.05, 0) is 0 Å². The molecule has 0 atom stereocenters. The zero-order valence-electron chi connectivity index (χ0n) is 5.85. The summed E-state index contributed by atoms with van der Waals surface area (Å²) in [5.41, 5.74) is 0. The molecule has 0 aliphatic rings. The number of aliphatic imine (C=N–C) groups is 1. The van der Waals surface area contributed by atoms with Crippen molar-refractivity contribution in [2.45, 2.75) is 18.1 Å². The molecule has 0 aromatic carbocycles. The summed E-state index contributed by atoms with van der Waals surface area (Å²) in [6.07, 6.45) is -16.8. The second-order valence-electron chi connectivity index (χ2n) is 1.97. The van der Waals surface area contributed by atoms with Crippen molar-refractivity contribution in [1.82, 2.24) is 0 Å². The van der Waals surface area contributed by atoms with Gasteiger partial charge < -0.3 is 0 Å². The first-order valence-electron chi connectivity index (χ1n) is 2.65. The van der Waals surface area contributed by atoms with Crippen LogP contribution in [0.15, 0.2) is 4.99 Å². The molecule has 0 rings (SSSR count). The monoisotopic (exact) mass is 233 g/mol. The second kappa shape index (κ2) is 3.31. The minimum atomic E-state index is -6.59. The average molecular weight is 233 g/mol. The van der Waals surface area contributed by atoms with E-state index < -0.39 is 24.4 Å². The van der Waals surface area contributed by atoms with Crippen LogP contribution in [0, 0.1) is 0 Å². The number of nitrogens with zero attached hydrogens (tertiary/aromatic N) is 1. The van der Waals surface area contributed by atoms with Gasteiger partial charge in [-0.15, -0.1) is 0 Å². The van der Waals surface area contributed by atoms with Gasteiger partial charge in [-0.3, -0.25) is 0 Å². The second-order valence-corrected chi connectivity index (χ2v) is 1.97. The smallest absolute Gasteiger partial charge is 0.197 e. The number of hydrogen-bond acceptors (Lipinski definition) is 1. The third-order valence-electron chi connectivity index (χ3n) is 0.990. The first-order chi connectivity index (χ1) is 5.92. The molecule has 1 nitrogen and oxygen atoms in total. The molecule has 0 N–H and O–H groups in total. The van der Waals surface area contributed by atoms with E-state index in [2.05, 4.69) is 0 Å². The molecule has 14 heavy (non-hydrogen) atoms. The fourth-order valence-corrected chi connectivity index (χ4v) is 0.404. The SMILES string of the molecule is FC(F)=NC(F)(C(F)(F)F)C(F)(F)F. The predicted octanol–water partition coefficient (Wildman–Crippen LogP) is 3.07. The van der Waals surface area contributed by atoms with Crippen LogP contribution in [0.2, 0.25) is 0 Å². The van der Waals surface area contributed by atoms with E-state index in [0.717, 1.165) is 0 Å². The minimum Gasteiger partial charge on any atom is -0.197 e. The highest BCUT2D eigenvalue weighted by Gasteiger charge is 2.74. The number of halogens is 9. The van der Waals surface area contributed by atoms with E-state index in [9.17, 15) is 39.5 Å². The fraction of sp³-hybridized carbons (Fsp3) is 0.750. The summed E-state index contributed by atoms with van der Waals surface area (Å²) in [7, 11) is 0. The molecule has 0 aromatic rings. The van der Waals surface area contributed by atoms with E-state index in [1.54, 1.807) is 0 Å². The van der Waals surface area contributed by atoms with Crippen LogP contribution in [0.1, 0.15) is 0 Å². The van der Waals surface area contributed by atoms with Crippen molar-refractivity contribution in [2.75, 3.05) is 0 Å². The molecule has 0 saturated heterocycles. The van der Waals surface area contributed by atoms with Crippen molar-refractivity contribution in [3.63, 3.8) is 0 Å². The van der Waals surface area contributed by atoms with Gasteiger partial charge in [0.05, 0.1) is 0 Å². The average Bonchev–Trinajstić information content (AvgIpc) is 1.79. The van der Waals surface area contributed by atoms with Gasteiger partial charge in [-0.2, -0.15) is 44.5 Å². The Morgan fingerprint density at radius 3 is 1.07 bits per heavy atom. The maximum Gasteiger partial charge on any atom is 0.453 e. The Labute approximate surface area is 70.2 Å². The van der Waals surface area contributed by atoms with Crippen LogP contribution in [0.25, 0.3) is 0 Å². The lowest BCUT2D eigenvalue weighted by Gasteiger charge is -2.25. The van der Waals surface area contributed by atoms with Crippen molar-refractivity contribution in [1.29, 1.82) is 0 Å². The maximum absolute atomic E-state index is 12.1. The first kappa shape index (κ1) is 13.0. The Morgan fingerprint density at radius 1 is 0.714 bits per heavy atom. The topological polar surface area (TPSA) is 12.4 Å². The molecule has 0 heterocycles. The van der Waals surface area contributed by atoms with Crippen molar-refractivity contribution in [2.24, 2.45) is 4.99 Å². The van der Waals surface area contributed by atoms with E-state index in [1.165, 1.54) is 0 Å². The zero-order chi connectivity index (χ0) is 11.8. The van der Waals surface area contributed by atoms with Gasteiger partial charge in [0.2, 0.25) is 0 Å². The summed E-state index contributed by atoms with van der Waals surface area (Å²) in [6, 6.07) is 0. The van der Waals surface area contributed by atoms with Crippen LogP contribution >= 0.6 is 0 Å². The molecule has 0 amide bonds. The van der Waals surface area contributed by atoms with Gasteiger partial charge in [0, 0.05) is 0 Å². The summed E-state index contributed by atoms with van der Waals surface area (Å²) in [4.78, 5) is 0.618. The predicted molar refractivity (Wildman–Crippen MR) is 25.6 cm³/mol. The molecule has 0 aliphatic carbocycles. The Kier molecular flexibility index (Phi) is 3.09. The van der Waals surface area contributed by atoms with Gasteiger partial charge in [-0.25, -0.2) is 0 Å². The molecule has 0 unspecified atom stereocenters. The zero-order valence-corrected chi connectivity index (χ0v) is 5.85. The summed E-state index contributed by atoms with van der Waals surface area (Å²) >= 11 is 0. The Hall–Kier alpha value is -0.960. The van der Waals surface area contributed by atoms with E-state index in [4.69, 9.17) is 0 Å². The Morgan fingerprint density at radius 2 is 1.00 bits per heavy atom. The van der Waals surface area contributed by atoms with Gasteiger partial charge in [0.15, 0.2) is 0 Å². The Balaban J connectivity index is 5.41. The van der Waals surface area contributed by atoms with Crippen molar-refractivity contribution in [3.8, 4) is 0 Å². The van der Waals surface area contributed by atoms with Crippen molar-refractivity contribution < 1.29 is 39.5 Å². The van der Waals surface area contributed by atoms with E-state index in [0.29, 0.717) is 4.99 Å². The lowest BCUT2D eigenvalue weighted by molar-refractivity contribution is -0.338. The summed E-state index contributed by atoms with van der Waals surface area (Å²) < 4.78 is 103. The van der Waals surface area contributed by atoms with Crippen LogP contribution in [-0.4, -0.2) is 24.4 Å². The molecule has 0 aromatic heterocycles. The highest BCUT2D eigenvalue weighted by atomic mass is 19.4. The van der Waals surface area contributed by atoms with Crippen LogP contribution in [0.3, 0.4) is 0 Å². The molecule has 0 fully saturated rings. The molecule has 84 valence electrons. The van der Waals surface area contributed by atoms with Crippen molar-refractivity contribution in [3.05, 3.63) is 0 Å². The molecular weight excluding hydrogens is 233 g/mol. The number of alkyl halides is 7. The van der Waals surface area contributed by atoms with Crippen LogP contribution < -0.4 is 0 Å². The van der Waals surface area contributed by atoms with Gasteiger partial charge >= 0.3 is 24.4 Å². The summed E-state index contributed by atoms with van der Waals surface area (Å²) in [5, 5.41) is 0. The van der Waals surface area contributed by atoms with Gasteiger partial charge in [0.25, 0.3) is 0 Å². The first-order valence-corrected chi connectivity index (χ1v) is 2.65. The highest BCUT2D eigenvalue weighted by molar-refractivity contribution is 5.64. The minimum absolute atomic E-state index is 0.618. The molecular formula is C4F9N. The van der Waals surface area contributed by atoms with E-state index >= 15 is 0 Å². The fourth-order valence-electron chi connectivity index (χ4n) is 0.404. The quantitative estimate of drug-likeness (QED) is 0.375. The number of hydrogen-bond donors (Lipinski definition) is 0. The molecule has 0 bridgehead atoms. The van der Waals surface area contributed by atoms with E-state index in [1.807, 2.05) is 0 Å². The lowest BCUT2D eigenvalue weighted by atomic mass is 10.2. The number of rotatable bonds is 1. The molecule has 10 heteroatoms.